The van der Waals surface area contributed by atoms with Gasteiger partial charge in [0.2, 0.25) is 5.91 Å². The van der Waals surface area contributed by atoms with Gasteiger partial charge in [-0.25, -0.2) is 4.98 Å². The van der Waals surface area contributed by atoms with Gasteiger partial charge in [-0.15, -0.1) is 0 Å². The highest BCUT2D eigenvalue weighted by Crippen LogP contribution is 2.31. The molecule has 0 aromatic carbocycles. The first-order valence-electron chi connectivity index (χ1n) is 7.93. The number of aliphatic carboxylic acids is 1. The summed E-state index contributed by atoms with van der Waals surface area (Å²) in [5.74, 6) is -0.157. The van der Waals surface area contributed by atoms with Crippen molar-refractivity contribution in [3.63, 3.8) is 0 Å². The van der Waals surface area contributed by atoms with Crippen molar-refractivity contribution in [3.8, 4) is 0 Å². The third kappa shape index (κ3) is 3.93. The minimum Gasteiger partial charge on any atom is -0.480 e. The molecular weight excluding hydrogens is 318 g/mol. The van der Waals surface area contributed by atoms with Gasteiger partial charge in [-0.05, 0) is 37.8 Å². The lowest BCUT2D eigenvalue weighted by Crippen LogP contribution is -2.45. The Labute approximate surface area is 140 Å². The summed E-state index contributed by atoms with van der Waals surface area (Å²) in [5.41, 5.74) is 0. The second-order valence-electron chi connectivity index (χ2n) is 6.19. The van der Waals surface area contributed by atoms with Crippen LogP contribution in [0.4, 0.5) is 5.82 Å². The summed E-state index contributed by atoms with van der Waals surface area (Å²) in [5, 5.41) is 9.60. The molecule has 0 radical (unpaired) electrons. The van der Waals surface area contributed by atoms with Crippen LogP contribution in [0.15, 0.2) is 18.3 Å². The van der Waals surface area contributed by atoms with Gasteiger partial charge in [0, 0.05) is 31.2 Å². The Morgan fingerprint density at radius 2 is 1.96 bits per heavy atom. The average molecular weight is 338 g/mol. The van der Waals surface area contributed by atoms with E-state index in [2.05, 4.69) is 9.88 Å². The number of hydrogen-bond donors (Lipinski definition) is 1. The van der Waals surface area contributed by atoms with E-state index < -0.39 is 5.97 Å². The molecule has 0 atom stereocenters. The summed E-state index contributed by atoms with van der Waals surface area (Å²) in [4.78, 5) is 31.6. The molecule has 1 aliphatic carbocycles. The van der Waals surface area contributed by atoms with E-state index in [4.69, 9.17) is 16.7 Å². The first-order valence-corrected chi connectivity index (χ1v) is 8.31. The molecular formula is C16H20ClN3O3. The zero-order valence-corrected chi connectivity index (χ0v) is 13.6. The monoisotopic (exact) mass is 337 g/mol. The van der Waals surface area contributed by atoms with Gasteiger partial charge in [0.25, 0.3) is 0 Å². The molecule has 1 N–H and O–H groups in total. The molecule has 1 aliphatic heterocycles. The molecule has 0 spiro atoms. The molecule has 0 unspecified atom stereocenters. The maximum absolute atomic E-state index is 12.6. The van der Waals surface area contributed by atoms with Crippen LogP contribution in [0.2, 0.25) is 5.02 Å². The molecule has 1 amide bonds. The normalized spacial score (nSPS) is 18.7. The summed E-state index contributed by atoms with van der Waals surface area (Å²) >= 11 is 5.85. The third-order valence-electron chi connectivity index (χ3n) is 4.46. The number of aromatic nitrogens is 1. The van der Waals surface area contributed by atoms with Gasteiger partial charge >= 0.3 is 5.97 Å². The molecule has 1 aromatic heterocycles. The largest absolute Gasteiger partial charge is 0.480 e. The molecule has 1 aromatic rings. The Kier molecular flexibility index (Phi) is 4.71. The molecule has 3 rings (SSSR count). The average Bonchev–Trinajstić information content (AvgIpc) is 3.37. The van der Waals surface area contributed by atoms with Crippen LogP contribution in [0.1, 0.15) is 25.7 Å². The van der Waals surface area contributed by atoms with Crippen molar-refractivity contribution in [2.24, 2.45) is 5.92 Å². The maximum Gasteiger partial charge on any atom is 0.323 e. The number of amides is 1. The van der Waals surface area contributed by atoms with Crippen LogP contribution in [0.3, 0.4) is 0 Å². The van der Waals surface area contributed by atoms with Gasteiger partial charge in [-0.2, -0.15) is 0 Å². The Morgan fingerprint density at radius 3 is 2.48 bits per heavy atom. The van der Waals surface area contributed by atoms with E-state index in [9.17, 15) is 9.59 Å². The lowest BCUT2D eigenvalue weighted by atomic mass is 9.95. The SMILES string of the molecule is O=C(O)CN(C(=O)C1CCN(c2ccc(Cl)cn2)CC1)C1CC1. The molecule has 124 valence electrons. The van der Waals surface area contributed by atoms with E-state index in [0.717, 1.165) is 44.6 Å². The van der Waals surface area contributed by atoms with E-state index in [0.29, 0.717) is 5.02 Å². The number of hydrogen-bond acceptors (Lipinski definition) is 4. The summed E-state index contributed by atoms with van der Waals surface area (Å²) in [7, 11) is 0. The molecule has 6 nitrogen and oxygen atoms in total. The first-order chi connectivity index (χ1) is 11.0. The second-order valence-corrected chi connectivity index (χ2v) is 6.62. The maximum atomic E-state index is 12.6. The van der Waals surface area contributed by atoms with Gasteiger partial charge in [-0.1, -0.05) is 11.6 Å². The Balaban J connectivity index is 1.58. The van der Waals surface area contributed by atoms with E-state index in [1.165, 1.54) is 0 Å². The molecule has 7 heteroatoms. The van der Waals surface area contributed by atoms with Crippen molar-refractivity contribution in [1.82, 2.24) is 9.88 Å². The fraction of sp³-hybridized carbons (Fsp3) is 0.562. The summed E-state index contributed by atoms with van der Waals surface area (Å²) < 4.78 is 0. The van der Waals surface area contributed by atoms with Crippen molar-refractivity contribution in [1.29, 1.82) is 0 Å². The number of nitrogens with zero attached hydrogens (tertiary/aromatic N) is 3. The number of carbonyl (C=O) groups excluding carboxylic acids is 1. The quantitative estimate of drug-likeness (QED) is 0.890. The zero-order valence-electron chi connectivity index (χ0n) is 12.8. The van der Waals surface area contributed by atoms with Crippen LogP contribution in [-0.2, 0) is 9.59 Å². The topological polar surface area (TPSA) is 73.7 Å². The number of carboxylic acid groups (broad SMARTS) is 1. The van der Waals surface area contributed by atoms with Crippen molar-refractivity contribution < 1.29 is 14.7 Å². The number of anilines is 1. The fourth-order valence-electron chi connectivity index (χ4n) is 3.06. The predicted molar refractivity (Wildman–Crippen MR) is 86.6 cm³/mol. The van der Waals surface area contributed by atoms with Crippen LogP contribution in [-0.4, -0.2) is 52.5 Å². The minimum absolute atomic E-state index is 0.00128. The van der Waals surface area contributed by atoms with Gasteiger partial charge in [-0.3, -0.25) is 9.59 Å². The van der Waals surface area contributed by atoms with Gasteiger partial charge < -0.3 is 14.9 Å². The molecule has 2 fully saturated rings. The van der Waals surface area contributed by atoms with Gasteiger partial charge in [0.1, 0.15) is 12.4 Å². The smallest absolute Gasteiger partial charge is 0.323 e. The van der Waals surface area contributed by atoms with Crippen molar-refractivity contribution in [3.05, 3.63) is 23.4 Å². The summed E-state index contributed by atoms with van der Waals surface area (Å²) in [6.07, 6.45) is 4.92. The highest BCUT2D eigenvalue weighted by atomic mass is 35.5. The van der Waals surface area contributed by atoms with E-state index in [-0.39, 0.29) is 24.4 Å². The van der Waals surface area contributed by atoms with Crippen molar-refractivity contribution in [2.75, 3.05) is 24.5 Å². The Morgan fingerprint density at radius 1 is 1.26 bits per heavy atom. The van der Waals surface area contributed by atoms with Crippen molar-refractivity contribution >= 4 is 29.3 Å². The Bertz CT molecular complexity index is 581. The second kappa shape index (κ2) is 6.74. The summed E-state index contributed by atoms with van der Waals surface area (Å²) in [6, 6.07) is 3.82. The molecule has 2 heterocycles. The fourth-order valence-corrected chi connectivity index (χ4v) is 3.18. The standard InChI is InChI=1S/C16H20ClN3O3/c17-12-1-4-14(18-9-12)19-7-5-11(6-8-19)16(23)20(10-15(21)22)13-2-3-13/h1,4,9,11,13H,2-3,5-8,10H2,(H,21,22). The number of carbonyl (C=O) groups is 2. The van der Waals surface area contributed by atoms with Crippen LogP contribution in [0.5, 0.6) is 0 Å². The van der Waals surface area contributed by atoms with Crippen LogP contribution in [0.25, 0.3) is 0 Å². The predicted octanol–water partition coefficient (Wildman–Crippen LogP) is 2.03. The molecule has 23 heavy (non-hydrogen) atoms. The van der Waals surface area contributed by atoms with E-state index in [1.54, 1.807) is 11.1 Å². The highest BCUT2D eigenvalue weighted by molar-refractivity contribution is 6.30. The van der Waals surface area contributed by atoms with Crippen molar-refractivity contribution in [2.45, 2.75) is 31.7 Å². The Hall–Kier alpha value is -1.82. The molecule has 2 aliphatic rings. The molecule has 0 bridgehead atoms. The van der Waals surface area contributed by atoms with E-state index >= 15 is 0 Å². The van der Waals surface area contributed by atoms with Crippen LogP contribution < -0.4 is 4.90 Å². The third-order valence-corrected chi connectivity index (χ3v) is 4.68. The lowest BCUT2D eigenvalue weighted by Gasteiger charge is -2.34. The highest BCUT2D eigenvalue weighted by Gasteiger charge is 2.37. The van der Waals surface area contributed by atoms with Crippen LogP contribution in [0, 0.1) is 5.92 Å². The number of carboxylic acids is 1. The van der Waals surface area contributed by atoms with Gasteiger partial charge in [0.15, 0.2) is 0 Å². The number of piperidine rings is 1. The number of pyridine rings is 1. The van der Waals surface area contributed by atoms with Gasteiger partial charge in [0.05, 0.1) is 5.02 Å². The number of rotatable bonds is 5. The van der Waals surface area contributed by atoms with E-state index in [1.807, 2.05) is 12.1 Å². The zero-order chi connectivity index (χ0) is 16.4. The molecule has 1 saturated heterocycles. The summed E-state index contributed by atoms with van der Waals surface area (Å²) in [6.45, 7) is 1.32. The number of halogens is 1. The minimum atomic E-state index is -0.937. The molecule has 1 saturated carbocycles. The first kappa shape index (κ1) is 16.1. The van der Waals surface area contributed by atoms with Crippen LogP contribution >= 0.6 is 11.6 Å². The lowest BCUT2D eigenvalue weighted by molar-refractivity contribution is -0.147.